The van der Waals surface area contributed by atoms with E-state index in [1.807, 2.05) is 30.3 Å². The Morgan fingerprint density at radius 1 is 1.27 bits per heavy atom. The zero-order valence-corrected chi connectivity index (χ0v) is 9.64. The SMILES string of the molecule is CC(C)N(C)CC(C#N)c1ccccc1. The van der Waals surface area contributed by atoms with Crippen molar-refractivity contribution in [3.63, 3.8) is 0 Å². The van der Waals surface area contributed by atoms with E-state index in [1.54, 1.807) is 0 Å². The van der Waals surface area contributed by atoms with Crippen LogP contribution in [-0.4, -0.2) is 24.5 Å². The van der Waals surface area contributed by atoms with Crippen molar-refractivity contribution in [3.8, 4) is 6.07 Å². The van der Waals surface area contributed by atoms with E-state index in [1.165, 1.54) is 0 Å². The summed E-state index contributed by atoms with van der Waals surface area (Å²) in [6.45, 7) is 5.07. The van der Waals surface area contributed by atoms with Gasteiger partial charge < -0.3 is 4.90 Å². The molecule has 0 spiro atoms. The summed E-state index contributed by atoms with van der Waals surface area (Å²) in [6, 6.07) is 12.8. The molecule has 0 heterocycles. The lowest BCUT2D eigenvalue weighted by Crippen LogP contribution is -2.30. The molecule has 0 aliphatic heterocycles. The molecule has 0 fully saturated rings. The highest BCUT2D eigenvalue weighted by Crippen LogP contribution is 2.16. The summed E-state index contributed by atoms with van der Waals surface area (Å²) >= 11 is 0. The molecule has 2 nitrogen and oxygen atoms in total. The lowest BCUT2D eigenvalue weighted by molar-refractivity contribution is 0.269. The van der Waals surface area contributed by atoms with Crippen molar-refractivity contribution in [2.75, 3.05) is 13.6 Å². The molecule has 1 aromatic rings. The van der Waals surface area contributed by atoms with Gasteiger partial charge in [-0.25, -0.2) is 0 Å². The van der Waals surface area contributed by atoms with Crippen molar-refractivity contribution >= 4 is 0 Å². The van der Waals surface area contributed by atoms with E-state index in [0.717, 1.165) is 12.1 Å². The molecule has 1 unspecified atom stereocenters. The monoisotopic (exact) mass is 202 g/mol. The van der Waals surface area contributed by atoms with Gasteiger partial charge in [0.25, 0.3) is 0 Å². The fourth-order valence-corrected chi connectivity index (χ4v) is 1.40. The van der Waals surface area contributed by atoms with Gasteiger partial charge >= 0.3 is 0 Å². The third-order valence-electron chi connectivity index (χ3n) is 2.71. The highest BCUT2D eigenvalue weighted by molar-refractivity contribution is 5.25. The van der Waals surface area contributed by atoms with Crippen LogP contribution in [0.2, 0.25) is 0 Å². The minimum atomic E-state index is -0.0291. The topological polar surface area (TPSA) is 27.0 Å². The Morgan fingerprint density at radius 2 is 1.87 bits per heavy atom. The van der Waals surface area contributed by atoms with Crippen molar-refractivity contribution in [1.82, 2.24) is 4.90 Å². The van der Waals surface area contributed by atoms with Crippen LogP contribution in [0.5, 0.6) is 0 Å². The predicted molar refractivity (Wildman–Crippen MR) is 62.6 cm³/mol. The van der Waals surface area contributed by atoms with Crippen molar-refractivity contribution in [1.29, 1.82) is 5.26 Å². The van der Waals surface area contributed by atoms with Crippen LogP contribution in [0.15, 0.2) is 30.3 Å². The maximum absolute atomic E-state index is 9.13. The molecule has 0 radical (unpaired) electrons. The Bertz CT molecular complexity index is 324. The van der Waals surface area contributed by atoms with E-state index >= 15 is 0 Å². The standard InChI is InChI=1S/C13H18N2/c1-11(2)15(3)10-13(9-14)12-7-5-4-6-8-12/h4-8,11,13H,10H2,1-3H3. The fraction of sp³-hybridized carbons (Fsp3) is 0.462. The minimum Gasteiger partial charge on any atom is -0.302 e. The highest BCUT2D eigenvalue weighted by atomic mass is 15.1. The molecule has 1 rings (SSSR count). The van der Waals surface area contributed by atoms with Gasteiger partial charge in [0.1, 0.15) is 0 Å². The number of hydrogen-bond acceptors (Lipinski definition) is 2. The quantitative estimate of drug-likeness (QED) is 0.750. The fourth-order valence-electron chi connectivity index (χ4n) is 1.40. The molecule has 0 bridgehead atoms. The molecule has 0 saturated heterocycles. The maximum Gasteiger partial charge on any atom is 0.0839 e. The van der Waals surface area contributed by atoms with Gasteiger partial charge in [-0.15, -0.1) is 0 Å². The molecular formula is C13H18N2. The van der Waals surface area contributed by atoms with Crippen LogP contribution in [0.4, 0.5) is 0 Å². The summed E-state index contributed by atoms with van der Waals surface area (Å²) in [5, 5.41) is 9.13. The lowest BCUT2D eigenvalue weighted by Gasteiger charge is -2.23. The molecule has 1 aromatic carbocycles. The van der Waals surface area contributed by atoms with Gasteiger partial charge in [-0.2, -0.15) is 5.26 Å². The van der Waals surface area contributed by atoms with Crippen molar-refractivity contribution in [2.45, 2.75) is 25.8 Å². The number of nitrogens with zero attached hydrogens (tertiary/aromatic N) is 2. The molecule has 2 heteroatoms. The van der Waals surface area contributed by atoms with Crippen LogP contribution >= 0.6 is 0 Å². The Hall–Kier alpha value is -1.33. The number of hydrogen-bond donors (Lipinski definition) is 0. The van der Waals surface area contributed by atoms with E-state index < -0.39 is 0 Å². The van der Waals surface area contributed by atoms with E-state index in [2.05, 4.69) is 31.9 Å². The molecule has 15 heavy (non-hydrogen) atoms. The second kappa shape index (κ2) is 5.53. The number of rotatable bonds is 4. The minimum absolute atomic E-state index is 0.0291. The number of nitriles is 1. The maximum atomic E-state index is 9.13. The Balaban J connectivity index is 2.70. The van der Waals surface area contributed by atoms with Gasteiger partial charge in [0.15, 0.2) is 0 Å². The van der Waals surface area contributed by atoms with Crippen LogP contribution in [0.3, 0.4) is 0 Å². The third-order valence-corrected chi connectivity index (χ3v) is 2.71. The second-order valence-corrected chi connectivity index (χ2v) is 4.13. The van der Waals surface area contributed by atoms with Crippen LogP contribution in [0.25, 0.3) is 0 Å². The van der Waals surface area contributed by atoms with Crippen LogP contribution < -0.4 is 0 Å². The van der Waals surface area contributed by atoms with Gasteiger partial charge in [0.05, 0.1) is 12.0 Å². The average Bonchev–Trinajstić information content (AvgIpc) is 2.26. The summed E-state index contributed by atoms with van der Waals surface area (Å²) < 4.78 is 0. The molecule has 0 aliphatic rings. The van der Waals surface area contributed by atoms with E-state index in [4.69, 9.17) is 5.26 Å². The molecule has 0 amide bonds. The summed E-state index contributed by atoms with van der Waals surface area (Å²) in [5.41, 5.74) is 1.10. The van der Waals surface area contributed by atoms with Crippen molar-refractivity contribution in [2.24, 2.45) is 0 Å². The number of benzene rings is 1. The molecule has 1 atom stereocenters. The highest BCUT2D eigenvalue weighted by Gasteiger charge is 2.14. The van der Waals surface area contributed by atoms with Crippen LogP contribution in [0.1, 0.15) is 25.3 Å². The molecule has 0 aromatic heterocycles. The van der Waals surface area contributed by atoms with Gasteiger partial charge in [-0.05, 0) is 26.5 Å². The van der Waals surface area contributed by atoms with E-state index in [0.29, 0.717) is 6.04 Å². The van der Waals surface area contributed by atoms with Gasteiger partial charge in [0, 0.05) is 12.6 Å². The summed E-state index contributed by atoms with van der Waals surface area (Å²) in [6.07, 6.45) is 0. The first kappa shape index (κ1) is 11.7. The molecule has 0 saturated carbocycles. The first-order valence-electron chi connectivity index (χ1n) is 5.30. The van der Waals surface area contributed by atoms with E-state index in [9.17, 15) is 0 Å². The molecule has 0 aliphatic carbocycles. The summed E-state index contributed by atoms with van der Waals surface area (Å²) in [4.78, 5) is 2.20. The largest absolute Gasteiger partial charge is 0.302 e. The molecular weight excluding hydrogens is 184 g/mol. The predicted octanol–water partition coefficient (Wildman–Crippen LogP) is 2.63. The lowest BCUT2D eigenvalue weighted by atomic mass is 10.00. The smallest absolute Gasteiger partial charge is 0.0839 e. The molecule has 80 valence electrons. The van der Waals surface area contributed by atoms with Crippen molar-refractivity contribution < 1.29 is 0 Å². The average molecular weight is 202 g/mol. The second-order valence-electron chi connectivity index (χ2n) is 4.13. The van der Waals surface area contributed by atoms with Crippen LogP contribution in [0, 0.1) is 11.3 Å². The molecule has 0 N–H and O–H groups in total. The first-order valence-corrected chi connectivity index (χ1v) is 5.30. The van der Waals surface area contributed by atoms with Gasteiger partial charge in [0.2, 0.25) is 0 Å². The van der Waals surface area contributed by atoms with Crippen LogP contribution in [-0.2, 0) is 0 Å². The zero-order valence-electron chi connectivity index (χ0n) is 9.64. The first-order chi connectivity index (χ1) is 7.15. The number of likely N-dealkylation sites (N-methyl/N-ethyl adjacent to an activating group) is 1. The Labute approximate surface area is 92.1 Å². The van der Waals surface area contributed by atoms with E-state index in [-0.39, 0.29) is 5.92 Å². The van der Waals surface area contributed by atoms with Gasteiger partial charge in [-0.3, -0.25) is 0 Å². The Morgan fingerprint density at radius 3 is 2.33 bits per heavy atom. The normalized spacial score (nSPS) is 12.8. The Kier molecular flexibility index (Phi) is 4.33. The third kappa shape index (κ3) is 3.38. The van der Waals surface area contributed by atoms with Crippen molar-refractivity contribution in [3.05, 3.63) is 35.9 Å². The summed E-state index contributed by atoms with van der Waals surface area (Å²) in [7, 11) is 2.05. The zero-order chi connectivity index (χ0) is 11.3. The van der Waals surface area contributed by atoms with Gasteiger partial charge in [-0.1, -0.05) is 30.3 Å². The summed E-state index contributed by atoms with van der Waals surface area (Å²) in [5.74, 6) is -0.0291.